The normalized spacial score (nSPS) is 10.2. The highest BCUT2D eigenvalue weighted by atomic mass is 32.1. The highest BCUT2D eigenvalue weighted by Crippen LogP contribution is 2.25. The van der Waals surface area contributed by atoms with Crippen LogP contribution in [0.4, 0.5) is 5.00 Å². The van der Waals surface area contributed by atoms with Gasteiger partial charge in [-0.05, 0) is 30.7 Å². The zero-order valence-electron chi connectivity index (χ0n) is 10.0. The third kappa shape index (κ3) is 2.74. The van der Waals surface area contributed by atoms with Crippen LogP contribution in [0.2, 0.25) is 0 Å². The molecule has 0 fully saturated rings. The molecule has 0 atom stereocenters. The zero-order valence-corrected chi connectivity index (χ0v) is 10.8. The second kappa shape index (κ2) is 5.11. The fraction of sp³-hybridized carbons (Fsp3) is 0.0769. The van der Waals surface area contributed by atoms with Gasteiger partial charge in [-0.25, -0.2) is 4.79 Å². The van der Waals surface area contributed by atoms with E-state index in [4.69, 9.17) is 5.11 Å². The molecule has 0 saturated carbocycles. The molecular formula is C13H11NO4S. The maximum atomic E-state index is 12.0. The summed E-state index contributed by atoms with van der Waals surface area (Å²) >= 11 is 0.961. The van der Waals surface area contributed by atoms with Crippen LogP contribution in [0.5, 0.6) is 5.75 Å². The number of rotatable bonds is 3. The number of aromatic hydroxyl groups is 1. The van der Waals surface area contributed by atoms with Gasteiger partial charge in [0, 0.05) is 0 Å². The summed E-state index contributed by atoms with van der Waals surface area (Å²) in [6, 6.07) is 7.79. The number of phenols is 1. The number of aromatic carboxylic acids is 1. The Bertz CT molecular complexity index is 648. The number of hydrogen-bond donors (Lipinski definition) is 3. The number of benzene rings is 1. The van der Waals surface area contributed by atoms with Crippen LogP contribution in [-0.4, -0.2) is 22.1 Å². The third-order valence-electron chi connectivity index (χ3n) is 2.54. The predicted octanol–water partition coefficient (Wildman–Crippen LogP) is 2.71. The largest absolute Gasteiger partial charge is 0.507 e. The Kier molecular flexibility index (Phi) is 3.52. The number of amides is 1. The highest BCUT2D eigenvalue weighted by Gasteiger charge is 2.14. The molecule has 0 aliphatic carbocycles. The Hall–Kier alpha value is -2.34. The number of para-hydroxylation sites is 1. The minimum absolute atomic E-state index is 0.0741. The molecular weight excluding hydrogens is 266 g/mol. The maximum absolute atomic E-state index is 12.0. The van der Waals surface area contributed by atoms with Crippen molar-refractivity contribution in [2.24, 2.45) is 0 Å². The number of carboxylic acids is 1. The van der Waals surface area contributed by atoms with E-state index in [9.17, 15) is 14.7 Å². The minimum Gasteiger partial charge on any atom is -0.507 e. The van der Waals surface area contributed by atoms with Crippen molar-refractivity contribution in [1.29, 1.82) is 0 Å². The Morgan fingerprint density at radius 3 is 2.58 bits per heavy atom. The van der Waals surface area contributed by atoms with Gasteiger partial charge in [-0.1, -0.05) is 12.1 Å². The van der Waals surface area contributed by atoms with Crippen molar-refractivity contribution in [2.75, 3.05) is 5.32 Å². The number of nitrogens with one attached hydrogen (secondary N) is 1. The Balaban J connectivity index is 2.21. The molecule has 0 saturated heterocycles. The SMILES string of the molecule is Cc1cccc(C(=O)Nc2ccc(C(=O)O)s2)c1O. The molecule has 0 unspecified atom stereocenters. The average Bonchev–Trinajstić information content (AvgIpc) is 2.81. The third-order valence-corrected chi connectivity index (χ3v) is 3.52. The van der Waals surface area contributed by atoms with Crippen molar-refractivity contribution >= 4 is 28.2 Å². The summed E-state index contributed by atoms with van der Waals surface area (Å²) in [6.45, 7) is 1.69. The smallest absolute Gasteiger partial charge is 0.345 e. The molecule has 0 bridgehead atoms. The topological polar surface area (TPSA) is 86.6 Å². The first-order valence-electron chi connectivity index (χ1n) is 5.42. The number of aryl methyl sites for hydroxylation is 1. The molecule has 2 aromatic rings. The molecule has 19 heavy (non-hydrogen) atoms. The Morgan fingerprint density at radius 1 is 1.21 bits per heavy atom. The summed E-state index contributed by atoms with van der Waals surface area (Å²) in [4.78, 5) is 22.8. The van der Waals surface area contributed by atoms with Crippen LogP contribution in [0.25, 0.3) is 0 Å². The molecule has 1 heterocycles. The van der Waals surface area contributed by atoms with Crippen molar-refractivity contribution < 1.29 is 19.8 Å². The molecule has 6 heteroatoms. The highest BCUT2D eigenvalue weighted by molar-refractivity contribution is 7.18. The van der Waals surface area contributed by atoms with E-state index in [-0.39, 0.29) is 16.2 Å². The molecule has 5 nitrogen and oxygen atoms in total. The van der Waals surface area contributed by atoms with Crippen LogP contribution in [-0.2, 0) is 0 Å². The lowest BCUT2D eigenvalue weighted by Gasteiger charge is -2.06. The molecule has 0 spiro atoms. The number of carboxylic acid groups (broad SMARTS) is 1. The number of carbonyl (C=O) groups is 2. The summed E-state index contributed by atoms with van der Waals surface area (Å²) < 4.78 is 0. The molecule has 1 aromatic heterocycles. The van der Waals surface area contributed by atoms with Crippen molar-refractivity contribution in [3.05, 3.63) is 46.3 Å². The first-order valence-corrected chi connectivity index (χ1v) is 6.23. The van der Waals surface area contributed by atoms with Crippen molar-refractivity contribution in [1.82, 2.24) is 0 Å². The van der Waals surface area contributed by atoms with E-state index in [2.05, 4.69) is 5.32 Å². The Morgan fingerprint density at radius 2 is 1.95 bits per heavy atom. The lowest BCUT2D eigenvalue weighted by molar-refractivity contribution is 0.0702. The van der Waals surface area contributed by atoms with E-state index in [1.807, 2.05) is 0 Å². The van der Waals surface area contributed by atoms with Crippen LogP contribution in [0.15, 0.2) is 30.3 Å². The van der Waals surface area contributed by atoms with Gasteiger partial charge in [-0.15, -0.1) is 11.3 Å². The van der Waals surface area contributed by atoms with E-state index < -0.39 is 11.9 Å². The van der Waals surface area contributed by atoms with Crippen LogP contribution in [0.3, 0.4) is 0 Å². The molecule has 0 radical (unpaired) electrons. The van der Waals surface area contributed by atoms with Gasteiger partial charge in [-0.3, -0.25) is 4.79 Å². The van der Waals surface area contributed by atoms with Crippen LogP contribution in [0.1, 0.15) is 25.6 Å². The maximum Gasteiger partial charge on any atom is 0.345 e. The van der Waals surface area contributed by atoms with Crippen LogP contribution in [0, 0.1) is 6.92 Å². The summed E-state index contributed by atoms with van der Waals surface area (Å²) in [7, 11) is 0. The van der Waals surface area contributed by atoms with E-state index in [0.29, 0.717) is 10.6 Å². The van der Waals surface area contributed by atoms with Gasteiger partial charge in [0.1, 0.15) is 10.6 Å². The molecule has 1 amide bonds. The molecule has 0 aliphatic heterocycles. The van der Waals surface area contributed by atoms with Crippen molar-refractivity contribution in [2.45, 2.75) is 6.92 Å². The number of carbonyl (C=O) groups excluding carboxylic acids is 1. The van der Waals surface area contributed by atoms with Gasteiger partial charge in [0.15, 0.2) is 0 Å². The van der Waals surface area contributed by atoms with Crippen molar-refractivity contribution in [3.63, 3.8) is 0 Å². The van der Waals surface area contributed by atoms with E-state index in [1.165, 1.54) is 18.2 Å². The summed E-state index contributed by atoms with van der Waals surface area (Å²) in [6.07, 6.45) is 0. The van der Waals surface area contributed by atoms with Gasteiger partial charge in [0.05, 0.1) is 10.6 Å². The van der Waals surface area contributed by atoms with E-state index in [1.54, 1.807) is 19.1 Å². The molecule has 98 valence electrons. The molecule has 3 N–H and O–H groups in total. The lowest BCUT2D eigenvalue weighted by Crippen LogP contribution is -2.11. The van der Waals surface area contributed by atoms with Crippen LogP contribution >= 0.6 is 11.3 Å². The lowest BCUT2D eigenvalue weighted by atomic mass is 10.1. The summed E-state index contributed by atoms with van der Waals surface area (Å²) in [5.74, 6) is -1.58. The monoisotopic (exact) mass is 277 g/mol. The first kappa shape index (κ1) is 13.1. The van der Waals surface area contributed by atoms with Gasteiger partial charge >= 0.3 is 5.97 Å². The van der Waals surface area contributed by atoms with Crippen LogP contribution < -0.4 is 5.32 Å². The second-order valence-electron chi connectivity index (χ2n) is 3.89. The fourth-order valence-corrected chi connectivity index (χ4v) is 2.28. The molecule has 1 aromatic carbocycles. The minimum atomic E-state index is -1.04. The molecule has 2 rings (SSSR count). The fourth-order valence-electron chi connectivity index (χ4n) is 1.54. The van der Waals surface area contributed by atoms with E-state index >= 15 is 0 Å². The van der Waals surface area contributed by atoms with E-state index in [0.717, 1.165) is 11.3 Å². The molecule has 0 aliphatic rings. The Labute approximate surface area is 113 Å². The second-order valence-corrected chi connectivity index (χ2v) is 4.98. The standard InChI is InChI=1S/C13H11NO4S/c1-7-3-2-4-8(11(7)15)12(16)14-10-6-5-9(19-10)13(17)18/h2-6,15H,1H3,(H,14,16)(H,17,18). The van der Waals surface area contributed by atoms with Gasteiger partial charge in [0.25, 0.3) is 5.91 Å². The average molecular weight is 277 g/mol. The van der Waals surface area contributed by atoms with Gasteiger partial charge in [0.2, 0.25) is 0 Å². The summed E-state index contributed by atoms with van der Waals surface area (Å²) in [5, 5.41) is 21.6. The summed E-state index contributed by atoms with van der Waals surface area (Å²) in [5.41, 5.74) is 0.760. The number of phenolic OH excluding ortho intramolecular Hbond substituents is 1. The predicted molar refractivity (Wildman–Crippen MR) is 72.1 cm³/mol. The number of hydrogen-bond acceptors (Lipinski definition) is 4. The quantitative estimate of drug-likeness (QED) is 0.805. The zero-order chi connectivity index (χ0) is 14.0. The van der Waals surface area contributed by atoms with Crippen molar-refractivity contribution in [3.8, 4) is 5.75 Å². The number of anilines is 1. The van der Waals surface area contributed by atoms with Gasteiger partial charge in [-0.2, -0.15) is 0 Å². The first-order chi connectivity index (χ1) is 8.99. The number of thiophene rings is 1. The van der Waals surface area contributed by atoms with Gasteiger partial charge < -0.3 is 15.5 Å².